The van der Waals surface area contributed by atoms with Crippen LogP contribution >= 0.6 is 0 Å². The summed E-state index contributed by atoms with van der Waals surface area (Å²) in [7, 11) is 3.77. The minimum atomic E-state index is -0.231. The predicted molar refractivity (Wildman–Crippen MR) is 95.2 cm³/mol. The first-order valence-corrected chi connectivity index (χ1v) is 8.28. The molecule has 0 unspecified atom stereocenters. The van der Waals surface area contributed by atoms with E-state index in [1.54, 1.807) is 24.5 Å². The van der Waals surface area contributed by atoms with Gasteiger partial charge in [-0.25, -0.2) is 0 Å². The van der Waals surface area contributed by atoms with Crippen LogP contribution in [0.25, 0.3) is 6.08 Å². The van der Waals surface area contributed by atoms with Gasteiger partial charge >= 0.3 is 0 Å². The second-order valence-corrected chi connectivity index (χ2v) is 6.01. The molecule has 0 spiro atoms. The zero-order chi connectivity index (χ0) is 17.6. The van der Waals surface area contributed by atoms with Gasteiger partial charge in [-0.3, -0.25) is 4.79 Å². The van der Waals surface area contributed by atoms with Gasteiger partial charge in [-0.2, -0.15) is 15.0 Å². The van der Waals surface area contributed by atoms with E-state index in [1.807, 2.05) is 19.0 Å². The van der Waals surface area contributed by atoms with E-state index in [9.17, 15) is 4.79 Å². The minimum absolute atomic E-state index is 0.231. The average Bonchev–Trinajstić information content (AvgIpc) is 3.31. The third kappa shape index (κ3) is 4.56. The van der Waals surface area contributed by atoms with E-state index in [0.717, 1.165) is 25.9 Å². The van der Waals surface area contributed by atoms with Crippen molar-refractivity contribution in [1.82, 2.24) is 20.3 Å². The monoisotopic (exact) mass is 342 g/mol. The Labute approximate surface area is 146 Å². The Morgan fingerprint density at radius 1 is 1.32 bits per heavy atom. The van der Waals surface area contributed by atoms with Gasteiger partial charge in [0.05, 0.1) is 12.8 Å². The summed E-state index contributed by atoms with van der Waals surface area (Å²) in [5, 5.41) is 2.79. The SMILES string of the molecule is CN(C)c1nc(CNC(=O)/C=C/c2ccco2)nc(N2CCCC2)n1. The average molecular weight is 342 g/mol. The van der Waals surface area contributed by atoms with Gasteiger partial charge in [-0.15, -0.1) is 0 Å². The van der Waals surface area contributed by atoms with Crippen LogP contribution in [0.5, 0.6) is 0 Å². The molecular weight excluding hydrogens is 320 g/mol. The van der Waals surface area contributed by atoms with Crippen molar-refractivity contribution in [3.63, 3.8) is 0 Å². The summed E-state index contributed by atoms with van der Waals surface area (Å²) in [6.07, 6.45) is 6.89. The van der Waals surface area contributed by atoms with Gasteiger partial charge in [0.2, 0.25) is 17.8 Å². The minimum Gasteiger partial charge on any atom is -0.465 e. The maximum atomic E-state index is 11.9. The first kappa shape index (κ1) is 16.9. The highest BCUT2D eigenvalue weighted by atomic mass is 16.3. The molecule has 0 saturated carbocycles. The smallest absolute Gasteiger partial charge is 0.244 e. The lowest BCUT2D eigenvalue weighted by Gasteiger charge is -2.18. The fraction of sp³-hybridized carbons (Fsp3) is 0.412. The number of hydrogen-bond acceptors (Lipinski definition) is 7. The van der Waals surface area contributed by atoms with Gasteiger partial charge in [0.25, 0.3) is 0 Å². The fourth-order valence-corrected chi connectivity index (χ4v) is 2.50. The Morgan fingerprint density at radius 3 is 2.80 bits per heavy atom. The quantitative estimate of drug-likeness (QED) is 0.795. The molecule has 25 heavy (non-hydrogen) atoms. The summed E-state index contributed by atoms with van der Waals surface area (Å²) < 4.78 is 5.15. The molecule has 2 aromatic rings. The number of carbonyl (C=O) groups excluding carboxylic acids is 1. The predicted octanol–water partition coefficient (Wildman–Crippen LogP) is 1.46. The molecule has 1 saturated heterocycles. The van der Waals surface area contributed by atoms with E-state index in [4.69, 9.17) is 4.42 Å². The number of aromatic nitrogens is 3. The summed E-state index contributed by atoms with van der Waals surface area (Å²) in [5.41, 5.74) is 0. The van der Waals surface area contributed by atoms with Gasteiger partial charge < -0.3 is 19.5 Å². The van der Waals surface area contributed by atoms with Gasteiger partial charge in [-0.1, -0.05) is 0 Å². The Balaban J connectivity index is 1.67. The van der Waals surface area contributed by atoms with Gasteiger partial charge in [0.15, 0.2) is 5.82 Å². The lowest BCUT2D eigenvalue weighted by molar-refractivity contribution is -0.116. The molecule has 0 aliphatic carbocycles. The topological polar surface area (TPSA) is 87.4 Å². The maximum absolute atomic E-state index is 11.9. The van der Waals surface area contributed by atoms with Crippen molar-refractivity contribution in [1.29, 1.82) is 0 Å². The van der Waals surface area contributed by atoms with Crippen molar-refractivity contribution in [3.8, 4) is 0 Å². The van der Waals surface area contributed by atoms with Crippen LogP contribution in [-0.2, 0) is 11.3 Å². The molecule has 1 aliphatic rings. The highest BCUT2D eigenvalue weighted by Crippen LogP contribution is 2.17. The molecule has 3 heterocycles. The molecule has 8 heteroatoms. The second-order valence-electron chi connectivity index (χ2n) is 6.01. The molecule has 0 atom stereocenters. The van der Waals surface area contributed by atoms with Gasteiger partial charge in [0, 0.05) is 33.3 Å². The second kappa shape index (κ2) is 7.78. The van der Waals surface area contributed by atoms with Crippen molar-refractivity contribution < 1.29 is 9.21 Å². The third-order valence-electron chi connectivity index (χ3n) is 3.81. The molecule has 0 bridgehead atoms. The Bertz CT molecular complexity index is 736. The number of nitrogens with zero attached hydrogens (tertiary/aromatic N) is 5. The molecule has 2 aromatic heterocycles. The summed E-state index contributed by atoms with van der Waals surface area (Å²) in [6, 6.07) is 3.55. The molecule has 0 radical (unpaired) electrons. The van der Waals surface area contributed by atoms with Crippen molar-refractivity contribution >= 4 is 23.9 Å². The highest BCUT2D eigenvalue weighted by Gasteiger charge is 2.18. The number of rotatable bonds is 6. The Kier molecular flexibility index (Phi) is 5.27. The van der Waals surface area contributed by atoms with Crippen LogP contribution in [0.15, 0.2) is 28.9 Å². The number of nitrogens with one attached hydrogen (secondary N) is 1. The molecule has 1 fully saturated rings. The van der Waals surface area contributed by atoms with Gasteiger partial charge in [0.1, 0.15) is 5.76 Å². The van der Waals surface area contributed by atoms with E-state index in [1.165, 1.54) is 6.08 Å². The fourth-order valence-electron chi connectivity index (χ4n) is 2.50. The number of furan rings is 1. The standard InChI is InChI=1S/C17H22N6O2/c1-22(2)16-19-14(20-17(21-16)23-9-3-4-10-23)12-18-15(24)8-7-13-6-5-11-25-13/h5-8,11H,3-4,9-10,12H2,1-2H3,(H,18,24)/b8-7+. The molecule has 1 amide bonds. The van der Waals surface area contributed by atoms with Crippen LogP contribution in [0.1, 0.15) is 24.4 Å². The normalized spacial score (nSPS) is 14.2. The Morgan fingerprint density at radius 2 is 2.12 bits per heavy atom. The molecular formula is C17H22N6O2. The number of hydrogen-bond donors (Lipinski definition) is 1. The summed E-state index contributed by atoms with van der Waals surface area (Å²) in [6.45, 7) is 2.15. The molecule has 0 aromatic carbocycles. The van der Waals surface area contributed by atoms with E-state index in [0.29, 0.717) is 23.5 Å². The van der Waals surface area contributed by atoms with Gasteiger partial charge in [-0.05, 0) is 31.1 Å². The number of carbonyl (C=O) groups is 1. The van der Waals surface area contributed by atoms with Crippen molar-refractivity contribution in [2.45, 2.75) is 19.4 Å². The third-order valence-corrected chi connectivity index (χ3v) is 3.81. The number of anilines is 2. The first-order valence-electron chi connectivity index (χ1n) is 8.28. The first-order chi connectivity index (χ1) is 12.1. The van der Waals surface area contributed by atoms with Crippen LogP contribution < -0.4 is 15.1 Å². The summed E-state index contributed by atoms with van der Waals surface area (Å²) in [5.74, 6) is 2.20. The van der Waals surface area contributed by atoms with Crippen LogP contribution in [-0.4, -0.2) is 48.0 Å². The van der Waals surface area contributed by atoms with Crippen LogP contribution in [0, 0.1) is 0 Å². The molecule has 8 nitrogen and oxygen atoms in total. The van der Waals surface area contributed by atoms with Crippen molar-refractivity contribution in [3.05, 3.63) is 36.1 Å². The van der Waals surface area contributed by atoms with E-state index in [-0.39, 0.29) is 12.5 Å². The maximum Gasteiger partial charge on any atom is 0.244 e. The molecule has 1 aliphatic heterocycles. The number of amides is 1. The van der Waals surface area contributed by atoms with Crippen LogP contribution in [0.4, 0.5) is 11.9 Å². The Hall–Kier alpha value is -2.90. The van der Waals surface area contributed by atoms with Crippen molar-refractivity contribution in [2.75, 3.05) is 37.0 Å². The largest absolute Gasteiger partial charge is 0.465 e. The molecule has 132 valence electrons. The summed E-state index contributed by atoms with van der Waals surface area (Å²) in [4.78, 5) is 29.3. The lowest BCUT2D eigenvalue weighted by atomic mass is 10.4. The zero-order valence-corrected chi connectivity index (χ0v) is 14.5. The van der Waals surface area contributed by atoms with E-state index < -0.39 is 0 Å². The van der Waals surface area contributed by atoms with Crippen LogP contribution in [0.3, 0.4) is 0 Å². The van der Waals surface area contributed by atoms with Crippen LogP contribution in [0.2, 0.25) is 0 Å². The molecule has 3 rings (SSSR count). The van der Waals surface area contributed by atoms with E-state index >= 15 is 0 Å². The van der Waals surface area contributed by atoms with E-state index in [2.05, 4.69) is 25.2 Å². The highest BCUT2D eigenvalue weighted by molar-refractivity contribution is 5.91. The van der Waals surface area contributed by atoms with Crippen molar-refractivity contribution in [2.24, 2.45) is 0 Å². The summed E-state index contributed by atoms with van der Waals surface area (Å²) >= 11 is 0. The molecule has 1 N–H and O–H groups in total. The lowest BCUT2D eigenvalue weighted by Crippen LogP contribution is -2.26. The zero-order valence-electron chi connectivity index (χ0n) is 14.5.